The molecule has 1 unspecified atom stereocenters. The van der Waals surface area contributed by atoms with Gasteiger partial charge < -0.3 is 10.6 Å². The van der Waals surface area contributed by atoms with E-state index in [0.717, 1.165) is 0 Å². The molecule has 1 aliphatic heterocycles. The van der Waals surface area contributed by atoms with E-state index in [-0.39, 0.29) is 0 Å². The highest BCUT2D eigenvalue weighted by molar-refractivity contribution is 5.56. The second-order valence-electron chi connectivity index (χ2n) is 5.44. The number of benzene rings is 1. The van der Waals surface area contributed by atoms with Gasteiger partial charge in [-0.3, -0.25) is 0 Å². The summed E-state index contributed by atoms with van der Waals surface area (Å²) >= 11 is 0. The lowest BCUT2D eigenvalue weighted by Crippen LogP contribution is -2.35. The van der Waals surface area contributed by atoms with Gasteiger partial charge in [0.25, 0.3) is 0 Å². The number of nitrogens with zero attached hydrogens (tertiary/aromatic N) is 1. The smallest absolute Gasteiger partial charge is 0.0414 e. The third kappa shape index (κ3) is 2.86. The van der Waals surface area contributed by atoms with E-state index >= 15 is 0 Å². The Morgan fingerprint density at radius 2 is 2.11 bits per heavy atom. The topological polar surface area (TPSA) is 29.3 Å². The van der Waals surface area contributed by atoms with Crippen LogP contribution in [0.5, 0.6) is 0 Å². The van der Waals surface area contributed by atoms with Gasteiger partial charge in [-0.05, 0) is 37.8 Å². The molecule has 1 heterocycles. The Hall–Kier alpha value is -1.02. The molecule has 18 heavy (non-hydrogen) atoms. The van der Waals surface area contributed by atoms with Gasteiger partial charge in [-0.25, -0.2) is 0 Å². The molecule has 1 aromatic rings. The van der Waals surface area contributed by atoms with Crippen LogP contribution in [-0.2, 0) is 6.54 Å². The lowest BCUT2D eigenvalue weighted by Gasteiger charge is -2.33. The van der Waals surface area contributed by atoms with Crippen LogP contribution in [0.4, 0.5) is 5.69 Å². The zero-order chi connectivity index (χ0) is 13.0. The maximum Gasteiger partial charge on any atom is 0.0414 e. The van der Waals surface area contributed by atoms with Crippen LogP contribution in [0.2, 0.25) is 0 Å². The molecule has 2 rings (SSSR count). The van der Waals surface area contributed by atoms with Crippen molar-refractivity contribution in [1.82, 2.24) is 0 Å². The van der Waals surface area contributed by atoms with E-state index in [0.29, 0.717) is 12.6 Å². The van der Waals surface area contributed by atoms with Gasteiger partial charge in [0.15, 0.2) is 0 Å². The van der Waals surface area contributed by atoms with Gasteiger partial charge in [-0.1, -0.05) is 37.5 Å². The number of hydrogen-bond donors (Lipinski definition) is 1. The maximum absolute atomic E-state index is 5.93. The Morgan fingerprint density at radius 1 is 1.28 bits per heavy atom. The molecule has 1 fully saturated rings. The summed E-state index contributed by atoms with van der Waals surface area (Å²) in [5, 5.41) is 0. The Labute approximate surface area is 111 Å². The van der Waals surface area contributed by atoms with E-state index in [4.69, 9.17) is 5.73 Å². The summed E-state index contributed by atoms with van der Waals surface area (Å²) in [6.45, 7) is 6.28. The van der Waals surface area contributed by atoms with Crippen LogP contribution in [0.1, 0.15) is 50.2 Å². The molecule has 1 aromatic carbocycles. The highest BCUT2D eigenvalue weighted by Gasteiger charge is 2.21. The molecule has 2 nitrogen and oxygen atoms in total. The fourth-order valence-electron chi connectivity index (χ4n) is 3.08. The number of aryl methyl sites for hydroxylation is 1. The average Bonchev–Trinajstić information content (AvgIpc) is 2.63. The van der Waals surface area contributed by atoms with Gasteiger partial charge in [0.05, 0.1) is 0 Å². The Bertz CT molecular complexity index is 387. The molecule has 0 spiro atoms. The highest BCUT2D eigenvalue weighted by Crippen LogP contribution is 2.29. The van der Waals surface area contributed by atoms with E-state index in [2.05, 4.69) is 36.9 Å². The summed E-state index contributed by atoms with van der Waals surface area (Å²) in [5.41, 5.74) is 9.91. The normalized spacial score (nSPS) is 20.8. The maximum atomic E-state index is 5.93. The van der Waals surface area contributed by atoms with Gasteiger partial charge in [-0.15, -0.1) is 0 Å². The minimum atomic E-state index is 0.643. The van der Waals surface area contributed by atoms with Gasteiger partial charge in [0.1, 0.15) is 0 Å². The van der Waals surface area contributed by atoms with Crippen LogP contribution in [0.15, 0.2) is 18.2 Å². The predicted octanol–water partition coefficient (Wildman–Crippen LogP) is 3.61. The first-order valence-electron chi connectivity index (χ1n) is 7.32. The molecule has 100 valence electrons. The van der Waals surface area contributed by atoms with E-state index in [1.165, 1.54) is 55.5 Å². The van der Waals surface area contributed by atoms with Gasteiger partial charge in [-0.2, -0.15) is 0 Å². The summed E-state index contributed by atoms with van der Waals surface area (Å²) in [6, 6.07) is 7.42. The summed E-state index contributed by atoms with van der Waals surface area (Å²) in [4.78, 5) is 2.61. The lowest BCUT2D eigenvalue weighted by molar-refractivity contribution is 0.555. The molecule has 1 atom stereocenters. The number of hydrogen-bond acceptors (Lipinski definition) is 2. The first-order chi connectivity index (χ1) is 8.76. The van der Waals surface area contributed by atoms with Crippen LogP contribution in [0, 0.1) is 6.92 Å². The Kier molecular flexibility index (Phi) is 4.65. The van der Waals surface area contributed by atoms with E-state index in [1.54, 1.807) is 0 Å². The fraction of sp³-hybridized carbons (Fsp3) is 0.625. The van der Waals surface area contributed by atoms with E-state index in [1.807, 2.05) is 0 Å². The van der Waals surface area contributed by atoms with Crippen molar-refractivity contribution in [3.63, 3.8) is 0 Å². The quantitative estimate of drug-likeness (QED) is 0.882. The van der Waals surface area contributed by atoms with Gasteiger partial charge >= 0.3 is 0 Å². The Morgan fingerprint density at radius 3 is 2.83 bits per heavy atom. The predicted molar refractivity (Wildman–Crippen MR) is 79.0 cm³/mol. The molecule has 0 aliphatic carbocycles. The van der Waals surface area contributed by atoms with Gasteiger partial charge in [0, 0.05) is 24.8 Å². The van der Waals surface area contributed by atoms with Crippen molar-refractivity contribution in [1.29, 1.82) is 0 Å². The second kappa shape index (κ2) is 6.24. The van der Waals surface area contributed by atoms with Crippen LogP contribution >= 0.6 is 0 Å². The molecular weight excluding hydrogens is 220 g/mol. The standard InChI is InChI=1S/C16H26N2/c1-3-15-7-5-4-6-10-18(15)16-9-8-13(2)11-14(16)12-17/h8-9,11,15H,3-7,10,12,17H2,1-2H3. The number of rotatable bonds is 3. The largest absolute Gasteiger partial charge is 0.368 e. The molecular formula is C16H26N2. The molecule has 2 N–H and O–H groups in total. The molecule has 0 saturated carbocycles. The zero-order valence-electron chi connectivity index (χ0n) is 11.8. The molecule has 1 saturated heterocycles. The van der Waals surface area contributed by atoms with Crippen molar-refractivity contribution >= 4 is 5.69 Å². The second-order valence-corrected chi connectivity index (χ2v) is 5.44. The monoisotopic (exact) mass is 246 g/mol. The number of anilines is 1. The Balaban J connectivity index is 2.32. The highest BCUT2D eigenvalue weighted by atomic mass is 15.2. The van der Waals surface area contributed by atoms with Crippen LogP contribution in [-0.4, -0.2) is 12.6 Å². The van der Waals surface area contributed by atoms with Crippen molar-refractivity contribution in [2.24, 2.45) is 5.73 Å². The van der Waals surface area contributed by atoms with Crippen molar-refractivity contribution in [2.75, 3.05) is 11.4 Å². The van der Waals surface area contributed by atoms with Crippen molar-refractivity contribution in [3.8, 4) is 0 Å². The summed E-state index contributed by atoms with van der Waals surface area (Å²) in [5.74, 6) is 0. The molecule has 0 aromatic heterocycles. The average molecular weight is 246 g/mol. The molecule has 2 heteroatoms. The minimum absolute atomic E-state index is 0.643. The third-order valence-electron chi connectivity index (χ3n) is 4.11. The third-order valence-corrected chi connectivity index (χ3v) is 4.11. The van der Waals surface area contributed by atoms with E-state index < -0.39 is 0 Å². The van der Waals surface area contributed by atoms with Crippen LogP contribution < -0.4 is 10.6 Å². The minimum Gasteiger partial charge on any atom is -0.368 e. The number of nitrogens with two attached hydrogens (primary N) is 1. The molecule has 0 amide bonds. The van der Waals surface area contributed by atoms with Gasteiger partial charge in [0.2, 0.25) is 0 Å². The fourth-order valence-corrected chi connectivity index (χ4v) is 3.08. The molecule has 0 radical (unpaired) electrons. The van der Waals surface area contributed by atoms with Crippen molar-refractivity contribution in [2.45, 2.75) is 58.5 Å². The first kappa shape index (κ1) is 13.4. The lowest BCUT2D eigenvalue weighted by atomic mass is 10.0. The summed E-state index contributed by atoms with van der Waals surface area (Å²) in [6.07, 6.45) is 6.62. The van der Waals surface area contributed by atoms with Crippen LogP contribution in [0.3, 0.4) is 0 Å². The van der Waals surface area contributed by atoms with Crippen LogP contribution in [0.25, 0.3) is 0 Å². The SMILES string of the molecule is CCC1CCCCCN1c1ccc(C)cc1CN. The molecule has 0 bridgehead atoms. The van der Waals surface area contributed by atoms with Crippen molar-refractivity contribution in [3.05, 3.63) is 29.3 Å². The van der Waals surface area contributed by atoms with Crippen molar-refractivity contribution < 1.29 is 0 Å². The summed E-state index contributed by atoms with van der Waals surface area (Å²) < 4.78 is 0. The zero-order valence-corrected chi connectivity index (χ0v) is 11.8. The molecule has 1 aliphatic rings. The summed E-state index contributed by atoms with van der Waals surface area (Å²) in [7, 11) is 0. The van der Waals surface area contributed by atoms with E-state index in [9.17, 15) is 0 Å². The first-order valence-corrected chi connectivity index (χ1v) is 7.32.